The van der Waals surface area contributed by atoms with Gasteiger partial charge in [0.05, 0.1) is 22.2 Å². The molecule has 5 rings (SSSR count). The summed E-state index contributed by atoms with van der Waals surface area (Å²) < 4.78 is 8.13. The molecule has 0 radical (unpaired) electrons. The van der Waals surface area contributed by atoms with Gasteiger partial charge in [0.1, 0.15) is 12.4 Å². The lowest BCUT2D eigenvalue weighted by Gasteiger charge is -2.12. The van der Waals surface area contributed by atoms with Gasteiger partial charge in [-0.1, -0.05) is 84.1 Å². The van der Waals surface area contributed by atoms with Crippen LogP contribution in [0, 0.1) is 6.92 Å². The molecule has 0 saturated heterocycles. The number of nitrogens with one attached hydrogen (secondary N) is 1. The van der Waals surface area contributed by atoms with E-state index in [0.29, 0.717) is 12.4 Å². The minimum Gasteiger partial charge on any atom is -0.488 e. The highest BCUT2D eigenvalue weighted by atomic mass is 32.2. The Kier molecular flexibility index (Phi) is 7.07. The third kappa shape index (κ3) is 5.70. The zero-order chi connectivity index (χ0) is 24.0. The highest BCUT2D eigenvalue weighted by Gasteiger charge is 2.10. The molecule has 1 amide bonds. The number of rotatable bonds is 8. The second kappa shape index (κ2) is 10.7. The molecule has 1 N–H and O–H groups in total. The third-order valence-corrected chi connectivity index (χ3v) is 7.61. The van der Waals surface area contributed by atoms with Gasteiger partial charge in [-0.25, -0.2) is 10.4 Å². The zero-order valence-corrected chi connectivity index (χ0v) is 20.7. The van der Waals surface area contributed by atoms with Gasteiger partial charge < -0.3 is 4.74 Å². The van der Waals surface area contributed by atoms with E-state index < -0.39 is 0 Å². The second-order valence-corrected chi connectivity index (χ2v) is 10.3. The molecule has 0 fully saturated rings. The molecule has 5 aromatic rings. The molecule has 0 bridgehead atoms. The molecular formula is C28H23N3O2S2. The minimum atomic E-state index is -0.187. The quantitative estimate of drug-likeness (QED) is 0.149. The van der Waals surface area contributed by atoms with Gasteiger partial charge in [-0.2, -0.15) is 5.10 Å². The fraction of sp³-hybridized carbons (Fsp3) is 0.107. The number of hydrazone groups is 1. The number of fused-ring (bicyclic) bond motifs is 2. The maximum Gasteiger partial charge on any atom is 0.250 e. The number of thioether (sulfide) groups is 1. The Morgan fingerprint density at radius 1 is 1.03 bits per heavy atom. The van der Waals surface area contributed by atoms with E-state index in [4.69, 9.17) is 4.74 Å². The number of aryl methyl sites for hydroxylation is 1. The summed E-state index contributed by atoms with van der Waals surface area (Å²) >= 11 is 2.99. The topological polar surface area (TPSA) is 63.6 Å². The number of hydrogen-bond acceptors (Lipinski definition) is 6. The Morgan fingerprint density at radius 3 is 2.69 bits per heavy atom. The Hall–Kier alpha value is -3.68. The van der Waals surface area contributed by atoms with Gasteiger partial charge in [0.25, 0.3) is 5.91 Å². The van der Waals surface area contributed by atoms with Crippen LogP contribution in [0.4, 0.5) is 0 Å². The Labute approximate surface area is 211 Å². The average molecular weight is 498 g/mol. The summed E-state index contributed by atoms with van der Waals surface area (Å²) in [5.74, 6) is 0.766. The molecule has 0 spiro atoms. The fourth-order valence-electron chi connectivity index (χ4n) is 3.62. The first-order chi connectivity index (χ1) is 17.2. The molecule has 0 aliphatic rings. The molecule has 0 saturated carbocycles. The van der Waals surface area contributed by atoms with Crippen LogP contribution in [0.2, 0.25) is 0 Å². The van der Waals surface area contributed by atoms with Crippen molar-refractivity contribution in [2.24, 2.45) is 5.10 Å². The number of carbonyl (C=O) groups excluding carboxylic acids is 1. The standard InChI is InChI=1S/C28H23N3O2S2/c1-19-10-12-20(13-11-19)17-33-25-15-14-21-6-2-3-7-22(21)23(25)16-29-31-27(32)18-34-28-30-24-8-4-5-9-26(24)35-28/h2-16H,17-18H2,1H3,(H,31,32)/b29-16+. The minimum absolute atomic E-state index is 0.187. The number of amides is 1. The van der Waals surface area contributed by atoms with Crippen LogP contribution >= 0.6 is 23.1 Å². The van der Waals surface area contributed by atoms with Crippen molar-refractivity contribution in [3.63, 3.8) is 0 Å². The number of para-hydroxylation sites is 1. The third-order valence-electron chi connectivity index (χ3n) is 5.43. The van der Waals surface area contributed by atoms with E-state index in [2.05, 4.69) is 46.7 Å². The summed E-state index contributed by atoms with van der Waals surface area (Å²) in [6, 6.07) is 28.3. The van der Waals surface area contributed by atoms with Crippen LogP contribution in [-0.4, -0.2) is 22.9 Å². The van der Waals surface area contributed by atoms with E-state index in [-0.39, 0.29) is 11.7 Å². The predicted molar refractivity (Wildman–Crippen MR) is 146 cm³/mol. The van der Waals surface area contributed by atoms with Crippen molar-refractivity contribution in [2.45, 2.75) is 17.9 Å². The van der Waals surface area contributed by atoms with Crippen LogP contribution in [0.15, 0.2) is 94.4 Å². The molecular weight excluding hydrogens is 474 g/mol. The molecule has 0 unspecified atom stereocenters. The first-order valence-corrected chi connectivity index (χ1v) is 13.0. The van der Waals surface area contributed by atoms with Gasteiger partial charge in [0.15, 0.2) is 4.34 Å². The van der Waals surface area contributed by atoms with E-state index >= 15 is 0 Å². The van der Waals surface area contributed by atoms with E-state index in [1.807, 2.05) is 60.7 Å². The maximum atomic E-state index is 12.4. The lowest BCUT2D eigenvalue weighted by Crippen LogP contribution is -2.19. The zero-order valence-electron chi connectivity index (χ0n) is 19.1. The molecule has 0 aliphatic heterocycles. The highest BCUT2D eigenvalue weighted by molar-refractivity contribution is 8.01. The van der Waals surface area contributed by atoms with Crippen molar-refractivity contribution in [1.82, 2.24) is 10.4 Å². The number of carbonyl (C=O) groups is 1. The molecule has 5 nitrogen and oxygen atoms in total. The monoisotopic (exact) mass is 497 g/mol. The van der Waals surface area contributed by atoms with Gasteiger partial charge in [-0.15, -0.1) is 11.3 Å². The van der Waals surface area contributed by atoms with E-state index in [1.54, 1.807) is 17.6 Å². The lowest BCUT2D eigenvalue weighted by atomic mass is 10.0. The Balaban J connectivity index is 1.27. The molecule has 1 heterocycles. The van der Waals surface area contributed by atoms with Gasteiger partial charge >= 0.3 is 0 Å². The molecule has 35 heavy (non-hydrogen) atoms. The van der Waals surface area contributed by atoms with Crippen LogP contribution in [0.3, 0.4) is 0 Å². The van der Waals surface area contributed by atoms with Gasteiger partial charge in [-0.3, -0.25) is 4.79 Å². The SMILES string of the molecule is Cc1ccc(COc2ccc3ccccc3c2/C=N/NC(=O)CSc2nc3ccccc3s2)cc1. The van der Waals surface area contributed by atoms with Crippen LogP contribution in [0.25, 0.3) is 21.0 Å². The van der Waals surface area contributed by atoms with Crippen molar-refractivity contribution < 1.29 is 9.53 Å². The summed E-state index contributed by atoms with van der Waals surface area (Å²) in [5, 5.41) is 6.33. The smallest absolute Gasteiger partial charge is 0.250 e. The molecule has 1 aromatic heterocycles. The summed E-state index contributed by atoms with van der Waals surface area (Å²) in [6.45, 7) is 2.51. The molecule has 0 aliphatic carbocycles. The van der Waals surface area contributed by atoms with Crippen molar-refractivity contribution in [3.05, 3.63) is 102 Å². The van der Waals surface area contributed by atoms with Gasteiger partial charge in [-0.05, 0) is 41.5 Å². The molecule has 174 valence electrons. The Bertz CT molecular complexity index is 1480. The van der Waals surface area contributed by atoms with Crippen LogP contribution in [0.5, 0.6) is 5.75 Å². The van der Waals surface area contributed by atoms with Gasteiger partial charge in [0, 0.05) is 5.56 Å². The van der Waals surface area contributed by atoms with Gasteiger partial charge in [0.2, 0.25) is 0 Å². The summed E-state index contributed by atoms with van der Waals surface area (Å²) in [7, 11) is 0. The normalized spacial score (nSPS) is 11.3. The maximum absolute atomic E-state index is 12.4. The first-order valence-electron chi connectivity index (χ1n) is 11.2. The second-order valence-electron chi connectivity index (χ2n) is 8.00. The number of nitrogens with zero attached hydrogens (tertiary/aromatic N) is 2. The number of ether oxygens (including phenoxy) is 1. The summed E-state index contributed by atoms with van der Waals surface area (Å²) in [6.07, 6.45) is 1.66. The fourth-order valence-corrected chi connectivity index (χ4v) is 5.48. The summed E-state index contributed by atoms with van der Waals surface area (Å²) in [5.41, 5.74) is 6.72. The van der Waals surface area contributed by atoms with Crippen molar-refractivity contribution in [2.75, 3.05) is 5.75 Å². The van der Waals surface area contributed by atoms with Crippen LogP contribution in [-0.2, 0) is 11.4 Å². The largest absolute Gasteiger partial charge is 0.488 e. The molecule has 0 atom stereocenters. The number of benzene rings is 4. The summed E-state index contributed by atoms with van der Waals surface area (Å²) in [4.78, 5) is 17.0. The molecule has 7 heteroatoms. The van der Waals surface area contributed by atoms with Crippen LogP contribution in [0.1, 0.15) is 16.7 Å². The van der Waals surface area contributed by atoms with E-state index in [0.717, 1.165) is 36.5 Å². The van der Waals surface area contributed by atoms with Crippen LogP contribution < -0.4 is 10.2 Å². The number of hydrogen-bond donors (Lipinski definition) is 1. The predicted octanol–water partition coefficient (Wildman–Crippen LogP) is 6.58. The van der Waals surface area contributed by atoms with E-state index in [1.165, 1.54) is 17.3 Å². The van der Waals surface area contributed by atoms with E-state index in [9.17, 15) is 4.79 Å². The van der Waals surface area contributed by atoms with Crippen molar-refractivity contribution in [3.8, 4) is 5.75 Å². The average Bonchev–Trinajstić information content (AvgIpc) is 3.31. The Morgan fingerprint density at radius 2 is 1.83 bits per heavy atom. The van der Waals surface area contributed by atoms with Crippen molar-refractivity contribution >= 4 is 56.2 Å². The molecule has 4 aromatic carbocycles. The number of thiazole rings is 1. The van der Waals surface area contributed by atoms with Crippen molar-refractivity contribution in [1.29, 1.82) is 0 Å². The lowest BCUT2D eigenvalue weighted by molar-refractivity contribution is -0.118. The highest BCUT2D eigenvalue weighted by Crippen LogP contribution is 2.29. The number of aromatic nitrogens is 1. The first kappa shape index (κ1) is 23.1.